The lowest BCUT2D eigenvalue weighted by Crippen LogP contribution is -2.57. The Hall–Kier alpha value is -3.01. The minimum Gasteiger partial charge on any atom is -0.377 e. The van der Waals surface area contributed by atoms with Gasteiger partial charge in [0.25, 0.3) is 0 Å². The van der Waals surface area contributed by atoms with Crippen LogP contribution >= 0.6 is 0 Å². The van der Waals surface area contributed by atoms with Crippen LogP contribution in [0.15, 0.2) is 24.7 Å². The number of hydrogen-bond acceptors (Lipinski definition) is 7. The molecule has 4 aromatic heterocycles. The van der Waals surface area contributed by atoms with Crippen LogP contribution in [0.5, 0.6) is 0 Å². The maximum Gasteiger partial charge on any atom is 0.158 e. The van der Waals surface area contributed by atoms with E-state index in [-0.39, 0.29) is 6.04 Å². The van der Waals surface area contributed by atoms with Gasteiger partial charge in [-0.2, -0.15) is 5.10 Å². The van der Waals surface area contributed by atoms with Crippen molar-refractivity contribution in [2.24, 2.45) is 0 Å². The average Bonchev–Trinajstić information content (AvgIpc) is 3.65. The van der Waals surface area contributed by atoms with Gasteiger partial charge in [0, 0.05) is 49.5 Å². The van der Waals surface area contributed by atoms with Crippen molar-refractivity contribution >= 4 is 22.5 Å². The molecule has 0 saturated carbocycles. The first-order valence-electron chi connectivity index (χ1n) is 14.1. The van der Waals surface area contributed by atoms with Crippen LogP contribution in [-0.4, -0.2) is 91.0 Å². The van der Waals surface area contributed by atoms with Gasteiger partial charge in [0.05, 0.1) is 16.7 Å². The number of aryl methyl sites for hydroxylation is 1. The summed E-state index contributed by atoms with van der Waals surface area (Å²) in [6.45, 7) is 16.5. The largest absolute Gasteiger partial charge is 0.377 e. The van der Waals surface area contributed by atoms with E-state index in [1.54, 1.807) is 6.33 Å². The third-order valence-corrected chi connectivity index (χ3v) is 8.64. The second-order valence-corrected chi connectivity index (χ2v) is 11.5. The number of aromatic nitrogens is 5. The summed E-state index contributed by atoms with van der Waals surface area (Å²) in [6.07, 6.45) is 5.78. The van der Waals surface area contributed by atoms with Gasteiger partial charge in [-0.05, 0) is 75.9 Å². The van der Waals surface area contributed by atoms with Gasteiger partial charge in [0.1, 0.15) is 18.4 Å². The number of nitrogens with one attached hydrogen (secondary N) is 1. The lowest BCUT2D eigenvalue weighted by Gasteiger charge is -2.43. The minimum atomic E-state index is -0.408. The Morgan fingerprint density at radius 3 is 2.61 bits per heavy atom. The third-order valence-electron chi connectivity index (χ3n) is 8.64. The predicted molar refractivity (Wildman–Crippen MR) is 152 cm³/mol. The van der Waals surface area contributed by atoms with Crippen molar-refractivity contribution in [3.05, 3.63) is 41.3 Å². The van der Waals surface area contributed by atoms with Crippen molar-refractivity contribution in [3.63, 3.8) is 0 Å². The van der Waals surface area contributed by atoms with E-state index < -0.39 is 6.23 Å². The summed E-state index contributed by atoms with van der Waals surface area (Å²) < 4.78 is 1.87. The van der Waals surface area contributed by atoms with E-state index in [0.717, 1.165) is 78.6 Å². The zero-order valence-corrected chi connectivity index (χ0v) is 23.3. The number of aliphatic hydroxyl groups excluding tert-OH is 1. The van der Waals surface area contributed by atoms with E-state index in [0.29, 0.717) is 5.92 Å². The normalized spacial score (nSPS) is 20.4. The monoisotopic (exact) mass is 516 g/mol. The van der Waals surface area contributed by atoms with Crippen LogP contribution in [0.3, 0.4) is 0 Å². The molecule has 0 aromatic carbocycles. The maximum atomic E-state index is 10.9. The van der Waals surface area contributed by atoms with E-state index in [1.807, 2.05) is 4.52 Å². The fourth-order valence-corrected chi connectivity index (χ4v) is 6.40. The van der Waals surface area contributed by atoms with Crippen LogP contribution in [0.2, 0.25) is 0 Å². The molecule has 2 aliphatic rings. The van der Waals surface area contributed by atoms with Crippen molar-refractivity contribution in [3.8, 4) is 11.3 Å². The Morgan fingerprint density at radius 1 is 1.08 bits per heavy atom. The highest BCUT2D eigenvalue weighted by Crippen LogP contribution is 2.38. The average molecular weight is 517 g/mol. The molecule has 9 heteroatoms. The van der Waals surface area contributed by atoms with Crippen molar-refractivity contribution in [1.29, 1.82) is 0 Å². The van der Waals surface area contributed by atoms with Crippen LogP contribution in [0.25, 0.3) is 27.9 Å². The Bertz CT molecular complexity index is 1450. The first kappa shape index (κ1) is 25.3. The van der Waals surface area contributed by atoms with Crippen LogP contribution < -0.4 is 4.90 Å². The van der Waals surface area contributed by atoms with E-state index in [4.69, 9.17) is 4.98 Å². The molecule has 0 bridgehead atoms. The number of nitrogens with zero attached hydrogens (tertiary/aromatic N) is 7. The summed E-state index contributed by atoms with van der Waals surface area (Å²) in [7, 11) is 0. The molecule has 2 saturated heterocycles. The molecule has 38 heavy (non-hydrogen) atoms. The standard InChI is InChI=1S/C29H40N8O/c1-18(2)26-27(22-15-37-29(30-17-31-37)21(5)20(22)4)32-23-8-9-24(33-28(23)26)35-12-13-36(19(3)14-35)25(38)16-34-10-6-7-11-34/h8-9,15,17-19,25,32,38H,6-7,10-14,16H2,1-5H3/t19-,25?/m0/s1. The van der Waals surface area contributed by atoms with Crippen LogP contribution in [0.4, 0.5) is 5.82 Å². The highest BCUT2D eigenvalue weighted by molar-refractivity contribution is 5.90. The Kier molecular flexibility index (Phi) is 6.62. The lowest BCUT2D eigenvalue weighted by molar-refractivity contribution is -0.0422. The van der Waals surface area contributed by atoms with Gasteiger partial charge in [0.2, 0.25) is 0 Å². The Labute approximate surface area is 224 Å². The van der Waals surface area contributed by atoms with Gasteiger partial charge in [-0.1, -0.05) is 13.8 Å². The number of aromatic amines is 1. The third kappa shape index (κ3) is 4.36. The molecule has 9 nitrogen and oxygen atoms in total. The van der Waals surface area contributed by atoms with Crippen molar-refractivity contribution in [2.45, 2.75) is 65.6 Å². The molecule has 4 aromatic rings. The number of pyridine rings is 2. The molecule has 202 valence electrons. The van der Waals surface area contributed by atoms with Crippen LogP contribution in [0, 0.1) is 13.8 Å². The number of aliphatic hydroxyl groups is 1. The molecule has 0 radical (unpaired) electrons. The minimum absolute atomic E-state index is 0.255. The molecule has 1 unspecified atom stereocenters. The predicted octanol–water partition coefficient (Wildman–Crippen LogP) is 3.94. The Balaban J connectivity index is 1.30. The van der Waals surface area contributed by atoms with Gasteiger partial charge in [-0.3, -0.25) is 9.80 Å². The highest BCUT2D eigenvalue weighted by atomic mass is 16.3. The number of anilines is 1. The molecular weight excluding hydrogens is 476 g/mol. The summed E-state index contributed by atoms with van der Waals surface area (Å²) in [5, 5.41) is 15.4. The van der Waals surface area contributed by atoms with Crippen molar-refractivity contribution < 1.29 is 5.11 Å². The second kappa shape index (κ2) is 9.94. The van der Waals surface area contributed by atoms with Gasteiger partial charge in [-0.25, -0.2) is 14.5 Å². The molecular formula is C29H40N8O. The van der Waals surface area contributed by atoms with Crippen molar-refractivity contribution in [2.75, 3.05) is 44.2 Å². The first-order chi connectivity index (χ1) is 18.3. The molecule has 2 atom stereocenters. The smallest absolute Gasteiger partial charge is 0.158 e. The van der Waals surface area contributed by atoms with E-state index >= 15 is 0 Å². The molecule has 2 aliphatic heterocycles. The zero-order valence-electron chi connectivity index (χ0n) is 23.3. The fraction of sp³-hybridized carbons (Fsp3) is 0.552. The summed E-state index contributed by atoms with van der Waals surface area (Å²) in [5.74, 6) is 1.30. The summed E-state index contributed by atoms with van der Waals surface area (Å²) in [4.78, 5) is 20.4. The molecule has 2 N–H and O–H groups in total. The number of fused-ring (bicyclic) bond motifs is 2. The molecule has 0 spiro atoms. The van der Waals surface area contributed by atoms with Crippen LogP contribution in [0.1, 0.15) is 56.2 Å². The molecule has 6 rings (SSSR count). The Morgan fingerprint density at radius 2 is 1.87 bits per heavy atom. The number of piperazine rings is 1. The van der Waals surface area contributed by atoms with Gasteiger partial charge < -0.3 is 15.0 Å². The summed E-state index contributed by atoms with van der Waals surface area (Å²) >= 11 is 0. The highest BCUT2D eigenvalue weighted by Gasteiger charge is 2.31. The first-order valence-corrected chi connectivity index (χ1v) is 14.1. The summed E-state index contributed by atoms with van der Waals surface area (Å²) in [6, 6.07) is 4.56. The fourth-order valence-electron chi connectivity index (χ4n) is 6.40. The van der Waals surface area contributed by atoms with Gasteiger partial charge in [-0.15, -0.1) is 0 Å². The number of hydrogen-bond donors (Lipinski definition) is 2. The van der Waals surface area contributed by atoms with Gasteiger partial charge >= 0.3 is 0 Å². The lowest BCUT2D eigenvalue weighted by atomic mass is 9.95. The zero-order chi connectivity index (χ0) is 26.6. The number of rotatable bonds is 6. The number of H-pyrrole nitrogens is 1. The topological polar surface area (TPSA) is 88.8 Å². The van der Waals surface area contributed by atoms with E-state index in [2.05, 4.69) is 82.7 Å². The maximum absolute atomic E-state index is 10.9. The SMILES string of the molecule is Cc1c(-c2[nH]c3ccc(N4CCN(C(O)CN5CCCC5)[C@@H](C)C4)nc3c2C(C)C)cn2ncnc2c1C. The summed E-state index contributed by atoms with van der Waals surface area (Å²) in [5.41, 5.74) is 8.81. The van der Waals surface area contributed by atoms with Gasteiger partial charge in [0.15, 0.2) is 5.65 Å². The second-order valence-electron chi connectivity index (χ2n) is 11.5. The number of likely N-dealkylation sites (tertiary alicyclic amines) is 1. The molecule has 6 heterocycles. The molecule has 0 amide bonds. The van der Waals surface area contributed by atoms with Crippen LogP contribution in [-0.2, 0) is 0 Å². The molecule has 2 fully saturated rings. The van der Waals surface area contributed by atoms with E-state index in [1.165, 1.54) is 24.0 Å². The van der Waals surface area contributed by atoms with Crippen molar-refractivity contribution in [1.82, 2.24) is 34.4 Å². The quantitative estimate of drug-likeness (QED) is 0.401. The van der Waals surface area contributed by atoms with E-state index in [9.17, 15) is 5.11 Å². The number of β-amino-alcohol motifs (C(OH)–C–C–N with tert-alkyl or cyclic N) is 1. The molecule has 0 aliphatic carbocycles.